The van der Waals surface area contributed by atoms with Gasteiger partial charge in [-0.3, -0.25) is 4.90 Å². The van der Waals surface area contributed by atoms with E-state index in [9.17, 15) is 9.90 Å². The molecule has 1 aromatic carbocycles. The van der Waals surface area contributed by atoms with E-state index >= 15 is 0 Å². The summed E-state index contributed by atoms with van der Waals surface area (Å²) in [5, 5.41) is 10.4. The van der Waals surface area contributed by atoms with Gasteiger partial charge in [-0.15, -0.1) is 0 Å². The molecule has 0 saturated heterocycles. The number of methoxy groups -OCH3 is 1. The van der Waals surface area contributed by atoms with Crippen molar-refractivity contribution < 1.29 is 24.1 Å². The lowest BCUT2D eigenvalue weighted by atomic mass is 9.42. The Balaban J connectivity index is 1.02. The molecule has 4 fully saturated rings. The van der Waals surface area contributed by atoms with Crippen molar-refractivity contribution in [2.75, 3.05) is 26.7 Å². The summed E-state index contributed by atoms with van der Waals surface area (Å²) >= 11 is 0. The van der Waals surface area contributed by atoms with Gasteiger partial charge in [0.1, 0.15) is 11.7 Å². The Bertz CT molecular complexity index is 1330. The first-order chi connectivity index (χ1) is 21.2. The molecule has 7 nitrogen and oxygen atoms in total. The summed E-state index contributed by atoms with van der Waals surface area (Å²) in [4.78, 5) is 18.7. The third-order valence-corrected chi connectivity index (χ3v) is 12.2. The van der Waals surface area contributed by atoms with Crippen LogP contribution in [0.2, 0.25) is 0 Å². The van der Waals surface area contributed by atoms with Crippen molar-refractivity contribution in [3.05, 3.63) is 35.4 Å². The maximum Gasteiger partial charge on any atom is 0.410 e. The smallest absolute Gasteiger partial charge is 0.410 e. The highest BCUT2D eigenvalue weighted by molar-refractivity contribution is 5.69. The van der Waals surface area contributed by atoms with Gasteiger partial charge in [0.25, 0.3) is 0 Å². The van der Waals surface area contributed by atoms with E-state index in [0.29, 0.717) is 17.3 Å². The van der Waals surface area contributed by atoms with E-state index in [1.807, 2.05) is 32.9 Å². The van der Waals surface area contributed by atoms with E-state index in [0.717, 1.165) is 88.5 Å². The third-order valence-electron chi connectivity index (χ3n) is 12.2. The first-order valence-corrected chi connectivity index (χ1v) is 17.7. The molecule has 1 spiro atoms. The summed E-state index contributed by atoms with van der Waals surface area (Å²) in [6, 6.07) is 4.26. The van der Waals surface area contributed by atoms with Gasteiger partial charge in [-0.2, -0.15) is 0 Å². The predicted molar refractivity (Wildman–Crippen MR) is 176 cm³/mol. The minimum absolute atomic E-state index is 0.0553. The van der Waals surface area contributed by atoms with Crippen molar-refractivity contribution in [3.63, 3.8) is 0 Å². The minimum atomic E-state index is -0.492. The van der Waals surface area contributed by atoms with Gasteiger partial charge < -0.3 is 24.2 Å². The van der Waals surface area contributed by atoms with Crippen molar-refractivity contribution in [1.29, 1.82) is 0 Å². The van der Waals surface area contributed by atoms with E-state index in [2.05, 4.69) is 35.8 Å². The SMILES string of the molecule is COc1ccc2c3c1O[C@H]1C[C@@H](O)C=C[C@@]31CCN(CCCCCN(C(=O)OC(C)(C)C)C13CC4CC(C)(CC(C)(C4)C1)C3)C2. The molecule has 45 heavy (non-hydrogen) atoms. The fourth-order valence-corrected chi connectivity index (χ4v) is 11.5. The second-order valence-electron chi connectivity index (χ2n) is 17.5. The van der Waals surface area contributed by atoms with Gasteiger partial charge in [-0.05, 0) is 120 Å². The molecule has 1 aromatic rings. The van der Waals surface area contributed by atoms with Crippen LogP contribution in [0.1, 0.15) is 116 Å². The molecule has 2 unspecified atom stereocenters. The number of unbranched alkanes of at least 4 members (excludes halogenated alkanes) is 2. The molecular weight excluding hydrogens is 564 g/mol. The van der Waals surface area contributed by atoms with Crippen LogP contribution in [-0.4, -0.2) is 71.1 Å². The molecule has 8 rings (SSSR count). The molecule has 1 N–H and O–H groups in total. The molecule has 0 aromatic heterocycles. The van der Waals surface area contributed by atoms with Gasteiger partial charge in [0.05, 0.1) is 18.6 Å². The zero-order valence-electron chi connectivity index (χ0n) is 28.6. The van der Waals surface area contributed by atoms with E-state index < -0.39 is 11.7 Å². The lowest BCUT2D eigenvalue weighted by Crippen LogP contribution is -2.66. The van der Waals surface area contributed by atoms with Crippen LogP contribution in [0.3, 0.4) is 0 Å². The number of aliphatic hydroxyl groups is 1. The lowest BCUT2D eigenvalue weighted by molar-refractivity contribution is -0.157. The van der Waals surface area contributed by atoms with Crippen LogP contribution in [-0.2, 0) is 16.7 Å². The Morgan fingerprint density at radius 1 is 1.09 bits per heavy atom. The zero-order chi connectivity index (χ0) is 31.8. The fourth-order valence-electron chi connectivity index (χ4n) is 11.5. The largest absolute Gasteiger partial charge is 0.493 e. The number of amides is 1. The van der Waals surface area contributed by atoms with Gasteiger partial charge in [0.2, 0.25) is 0 Å². The van der Waals surface area contributed by atoms with E-state index in [1.54, 1.807) is 7.11 Å². The highest BCUT2D eigenvalue weighted by atomic mass is 16.6. The van der Waals surface area contributed by atoms with Gasteiger partial charge in [-0.25, -0.2) is 4.79 Å². The molecule has 1 amide bonds. The molecule has 4 bridgehead atoms. The highest BCUT2D eigenvalue weighted by Crippen LogP contribution is 2.68. The highest BCUT2D eigenvalue weighted by Gasteiger charge is 2.63. The van der Waals surface area contributed by atoms with Crippen LogP contribution in [0.25, 0.3) is 0 Å². The molecule has 2 heterocycles. The number of carbonyl (C=O) groups excluding carboxylic acids is 1. The van der Waals surface area contributed by atoms with Crippen molar-refractivity contribution in [2.24, 2.45) is 16.7 Å². The summed E-state index contributed by atoms with van der Waals surface area (Å²) in [7, 11) is 1.71. The second kappa shape index (κ2) is 10.9. The Kier molecular flexibility index (Phi) is 7.60. The van der Waals surface area contributed by atoms with Crippen molar-refractivity contribution >= 4 is 6.09 Å². The Labute approximate surface area is 270 Å². The van der Waals surface area contributed by atoms with Crippen LogP contribution in [0, 0.1) is 16.7 Å². The van der Waals surface area contributed by atoms with Crippen molar-refractivity contribution in [2.45, 2.75) is 141 Å². The lowest BCUT2D eigenvalue weighted by Gasteiger charge is -2.67. The number of hydrogen-bond acceptors (Lipinski definition) is 6. The van der Waals surface area contributed by atoms with Crippen molar-refractivity contribution in [1.82, 2.24) is 9.80 Å². The van der Waals surface area contributed by atoms with E-state index in [4.69, 9.17) is 14.2 Å². The topological polar surface area (TPSA) is 71.5 Å². The maximum atomic E-state index is 13.8. The van der Waals surface area contributed by atoms with Crippen molar-refractivity contribution in [3.8, 4) is 11.5 Å². The van der Waals surface area contributed by atoms with Crippen LogP contribution in [0.4, 0.5) is 4.79 Å². The molecule has 5 atom stereocenters. The summed E-state index contributed by atoms with van der Waals surface area (Å²) in [5.41, 5.74) is 2.52. The van der Waals surface area contributed by atoms with Gasteiger partial charge in [0.15, 0.2) is 11.5 Å². The van der Waals surface area contributed by atoms with Crippen LogP contribution >= 0.6 is 0 Å². The van der Waals surface area contributed by atoms with Gasteiger partial charge in [0, 0.05) is 30.6 Å². The normalized spacial score (nSPS) is 37.9. The summed E-state index contributed by atoms with van der Waals surface area (Å²) in [6.07, 6.45) is 15.7. The Hall–Kier alpha value is -2.25. The molecule has 248 valence electrons. The average Bonchev–Trinajstić information content (AvgIpc) is 3.15. The molecule has 4 saturated carbocycles. The molecule has 5 aliphatic carbocycles. The van der Waals surface area contributed by atoms with Crippen LogP contribution in [0.5, 0.6) is 11.5 Å². The number of rotatable bonds is 8. The number of carbonyl (C=O) groups is 1. The summed E-state index contributed by atoms with van der Waals surface area (Å²) < 4.78 is 18.3. The van der Waals surface area contributed by atoms with Gasteiger partial charge >= 0.3 is 6.09 Å². The Morgan fingerprint density at radius 3 is 2.53 bits per heavy atom. The number of benzene rings is 1. The van der Waals surface area contributed by atoms with Gasteiger partial charge in [-0.1, -0.05) is 38.5 Å². The second-order valence-corrected chi connectivity index (χ2v) is 17.5. The molecular formula is C38H56N2O5. The fraction of sp³-hybridized carbons (Fsp3) is 0.763. The predicted octanol–water partition coefficient (Wildman–Crippen LogP) is 7.38. The standard InChI is InChI=1S/C38H56N2O5/c1-34(2,3)45-33(42)40(37-21-26-19-35(4,24-37)23-36(5,20-26)25-37)16-9-7-8-15-39-17-14-38-13-12-28(41)18-30(38)44-32-29(43-6)11-10-27(22-39)31(32)38/h10-13,26,28,30,41H,7-9,14-25H2,1-6H3/t26?,28-,30-,35?,36?,37?,38-/m0/s1. The maximum absolute atomic E-state index is 13.8. The number of nitrogens with zero attached hydrogens (tertiary/aromatic N) is 2. The first-order valence-electron chi connectivity index (χ1n) is 17.7. The first kappa shape index (κ1) is 31.4. The summed E-state index contributed by atoms with van der Waals surface area (Å²) in [6.45, 7) is 14.7. The van der Waals surface area contributed by atoms with E-state index in [1.165, 1.54) is 30.4 Å². The molecule has 0 radical (unpaired) electrons. The number of ether oxygens (including phenoxy) is 3. The summed E-state index contributed by atoms with van der Waals surface area (Å²) in [5.74, 6) is 2.39. The minimum Gasteiger partial charge on any atom is -0.493 e. The quantitative estimate of drug-likeness (QED) is 0.242. The number of hydrogen-bond donors (Lipinski definition) is 1. The Morgan fingerprint density at radius 2 is 1.84 bits per heavy atom. The average molecular weight is 621 g/mol. The van der Waals surface area contributed by atoms with E-state index in [-0.39, 0.29) is 23.2 Å². The molecule has 7 heteroatoms. The van der Waals surface area contributed by atoms with Crippen LogP contribution in [0.15, 0.2) is 24.3 Å². The molecule has 2 aliphatic heterocycles. The van der Waals surface area contributed by atoms with Crippen LogP contribution < -0.4 is 9.47 Å². The number of aliphatic hydroxyl groups excluding tert-OH is 1. The third kappa shape index (κ3) is 5.58. The monoisotopic (exact) mass is 620 g/mol. The molecule has 7 aliphatic rings. The zero-order valence-corrected chi connectivity index (χ0v) is 28.6.